The van der Waals surface area contributed by atoms with Crippen molar-refractivity contribution in [3.8, 4) is 0 Å². The summed E-state index contributed by atoms with van der Waals surface area (Å²) in [4.78, 5) is 18.3. The van der Waals surface area contributed by atoms with Crippen molar-refractivity contribution in [2.24, 2.45) is 5.10 Å². The molecule has 5 heteroatoms. The smallest absolute Gasteiger partial charge is 0.273 e. The van der Waals surface area contributed by atoms with Crippen molar-refractivity contribution in [3.63, 3.8) is 0 Å². The standard InChI is InChI=1S/C16H12N4O/c21-16-12(15(19-20-16)14-6-3-7-17-14)8-10-9-18-13-5-2-1-4-11(10)13/h1-9,17-18H,(H,20,21). The molecule has 0 aliphatic carbocycles. The van der Waals surface area contributed by atoms with Gasteiger partial charge in [0.05, 0.1) is 11.3 Å². The molecule has 1 amide bonds. The van der Waals surface area contributed by atoms with E-state index in [1.165, 1.54) is 0 Å². The minimum absolute atomic E-state index is 0.190. The summed E-state index contributed by atoms with van der Waals surface area (Å²) < 4.78 is 0. The molecule has 21 heavy (non-hydrogen) atoms. The molecule has 0 bridgehead atoms. The highest BCUT2D eigenvalue weighted by atomic mass is 16.2. The van der Waals surface area contributed by atoms with E-state index in [0.29, 0.717) is 11.3 Å². The predicted octanol–water partition coefficient (Wildman–Crippen LogP) is 2.41. The lowest BCUT2D eigenvalue weighted by molar-refractivity contribution is -0.116. The van der Waals surface area contributed by atoms with Gasteiger partial charge in [-0.1, -0.05) is 18.2 Å². The van der Waals surface area contributed by atoms with Gasteiger partial charge in [-0.3, -0.25) is 4.79 Å². The molecule has 0 radical (unpaired) electrons. The number of nitrogens with zero attached hydrogens (tertiary/aromatic N) is 1. The average molecular weight is 276 g/mol. The van der Waals surface area contributed by atoms with Gasteiger partial charge in [-0.25, -0.2) is 5.43 Å². The Morgan fingerprint density at radius 1 is 1.05 bits per heavy atom. The third-order valence-electron chi connectivity index (χ3n) is 3.54. The summed E-state index contributed by atoms with van der Waals surface area (Å²) in [5, 5.41) is 5.19. The third kappa shape index (κ3) is 1.87. The van der Waals surface area contributed by atoms with Gasteiger partial charge < -0.3 is 9.97 Å². The fourth-order valence-electron chi connectivity index (χ4n) is 2.52. The van der Waals surface area contributed by atoms with E-state index in [1.807, 2.05) is 54.9 Å². The van der Waals surface area contributed by atoms with Crippen molar-refractivity contribution in [2.75, 3.05) is 0 Å². The Labute approximate surface area is 120 Å². The van der Waals surface area contributed by atoms with Crippen LogP contribution in [0.4, 0.5) is 0 Å². The highest BCUT2D eigenvalue weighted by molar-refractivity contribution is 6.33. The minimum Gasteiger partial charge on any atom is -0.361 e. The van der Waals surface area contributed by atoms with Crippen molar-refractivity contribution in [3.05, 3.63) is 65.6 Å². The second-order valence-electron chi connectivity index (χ2n) is 4.83. The average Bonchev–Trinajstić information content (AvgIpc) is 3.21. The number of fused-ring (bicyclic) bond motifs is 1. The van der Waals surface area contributed by atoms with E-state index in [0.717, 1.165) is 22.2 Å². The van der Waals surface area contributed by atoms with E-state index in [9.17, 15) is 4.79 Å². The van der Waals surface area contributed by atoms with Crippen LogP contribution in [0.5, 0.6) is 0 Å². The molecular weight excluding hydrogens is 264 g/mol. The lowest BCUT2D eigenvalue weighted by atomic mass is 10.0. The van der Waals surface area contributed by atoms with Crippen LogP contribution in [0.2, 0.25) is 0 Å². The van der Waals surface area contributed by atoms with Crippen LogP contribution in [-0.4, -0.2) is 21.6 Å². The van der Waals surface area contributed by atoms with Gasteiger partial charge in [0.25, 0.3) is 5.91 Å². The molecule has 3 aromatic rings. The van der Waals surface area contributed by atoms with E-state index in [1.54, 1.807) is 0 Å². The van der Waals surface area contributed by atoms with Gasteiger partial charge in [-0.2, -0.15) is 5.10 Å². The molecule has 2 aromatic heterocycles. The highest BCUT2D eigenvalue weighted by Gasteiger charge is 2.24. The summed E-state index contributed by atoms with van der Waals surface area (Å²) in [6, 6.07) is 11.8. The van der Waals surface area contributed by atoms with Crippen LogP contribution in [0.15, 0.2) is 59.5 Å². The number of rotatable bonds is 2. The molecule has 0 atom stereocenters. The monoisotopic (exact) mass is 276 g/mol. The van der Waals surface area contributed by atoms with E-state index in [-0.39, 0.29) is 5.91 Å². The molecule has 102 valence electrons. The first-order valence-electron chi connectivity index (χ1n) is 6.63. The van der Waals surface area contributed by atoms with Gasteiger partial charge in [-0.15, -0.1) is 0 Å². The van der Waals surface area contributed by atoms with Crippen molar-refractivity contribution in [2.45, 2.75) is 0 Å². The quantitative estimate of drug-likeness (QED) is 0.618. The Morgan fingerprint density at radius 3 is 2.81 bits per heavy atom. The first-order chi connectivity index (χ1) is 10.3. The van der Waals surface area contributed by atoms with Crippen molar-refractivity contribution in [1.82, 2.24) is 15.4 Å². The van der Waals surface area contributed by atoms with Gasteiger partial charge in [-0.05, 0) is 24.3 Å². The summed E-state index contributed by atoms with van der Waals surface area (Å²) in [6.07, 6.45) is 5.57. The second kappa shape index (κ2) is 4.49. The fraction of sp³-hybridized carbons (Fsp3) is 0. The zero-order chi connectivity index (χ0) is 14.2. The molecular formula is C16H12N4O. The van der Waals surface area contributed by atoms with Crippen LogP contribution >= 0.6 is 0 Å². The van der Waals surface area contributed by atoms with Gasteiger partial charge in [0.15, 0.2) is 0 Å². The zero-order valence-electron chi connectivity index (χ0n) is 11.1. The lowest BCUT2D eigenvalue weighted by Gasteiger charge is -1.99. The maximum atomic E-state index is 12.0. The van der Waals surface area contributed by atoms with Gasteiger partial charge in [0.2, 0.25) is 0 Å². The van der Waals surface area contributed by atoms with E-state index >= 15 is 0 Å². The number of aromatic amines is 2. The number of benzene rings is 1. The molecule has 0 spiro atoms. The van der Waals surface area contributed by atoms with Crippen molar-refractivity contribution in [1.29, 1.82) is 0 Å². The molecule has 1 aromatic carbocycles. The number of hydrazone groups is 1. The van der Waals surface area contributed by atoms with E-state index in [2.05, 4.69) is 20.5 Å². The summed E-state index contributed by atoms with van der Waals surface area (Å²) >= 11 is 0. The summed E-state index contributed by atoms with van der Waals surface area (Å²) in [7, 11) is 0. The molecule has 5 nitrogen and oxygen atoms in total. The maximum absolute atomic E-state index is 12.0. The Kier molecular flexibility index (Phi) is 2.50. The third-order valence-corrected chi connectivity index (χ3v) is 3.54. The number of carbonyl (C=O) groups excluding carboxylic acids is 1. The molecule has 0 unspecified atom stereocenters. The normalized spacial score (nSPS) is 16.5. The topological polar surface area (TPSA) is 73.0 Å². The summed E-state index contributed by atoms with van der Waals surface area (Å²) in [5.41, 5.74) is 6.54. The van der Waals surface area contributed by atoms with Gasteiger partial charge >= 0.3 is 0 Å². The fourth-order valence-corrected chi connectivity index (χ4v) is 2.52. The Hall–Kier alpha value is -3.08. The first kappa shape index (κ1) is 11.7. The molecule has 0 saturated heterocycles. The molecule has 4 rings (SSSR count). The number of para-hydroxylation sites is 1. The SMILES string of the molecule is O=C1NN=C(c2ccc[nH]2)C1=Cc1c[nH]c2ccccc12. The van der Waals surface area contributed by atoms with Crippen LogP contribution < -0.4 is 5.43 Å². The number of carbonyl (C=O) groups is 1. The second-order valence-corrected chi connectivity index (χ2v) is 4.83. The van der Waals surface area contributed by atoms with E-state index < -0.39 is 0 Å². The molecule has 0 saturated carbocycles. The molecule has 0 fully saturated rings. The predicted molar refractivity (Wildman–Crippen MR) is 81.7 cm³/mol. The van der Waals surface area contributed by atoms with Gasteiger partial charge in [0, 0.05) is 28.9 Å². The van der Waals surface area contributed by atoms with Crippen LogP contribution in [0.1, 0.15) is 11.3 Å². The molecule has 3 N–H and O–H groups in total. The summed E-state index contributed by atoms with van der Waals surface area (Å²) in [6.45, 7) is 0. The maximum Gasteiger partial charge on any atom is 0.273 e. The Morgan fingerprint density at radius 2 is 1.95 bits per heavy atom. The number of aromatic nitrogens is 2. The molecule has 1 aliphatic heterocycles. The first-order valence-corrected chi connectivity index (χ1v) is 6.63. The molecule has 3 heterocycles. The van der Waals surface area contributed by atoms with Crippen LogP contribution in [0.25, 0.3) is 17.0 Å². The minimum atomic E-state index is -0.190. The molecule has 1 aliphatic rings. The number of hydrogen-bond acceptors (Lipinski definition) is 2. The number of nitrogens with one attached hydrogen (secondary N) is 3. The summed E-state index contributed by atoms with van der Waals surface area (Å²) in [5.74, 6) is -0.190. The number of H-pyrrole nitrogens is 2. The van der Waals surface area contributed by atoms with E-state index in [4.69, 9.17) is 0 Å². The van der Waals surface area contributed by atoms with Gasteiger partial charge in [0.1, 0.15) is 5.71 Å². The van der Waals surface area contributed by atoms with Crippen LogP contribution in [0, 0.1) is 0 Å². The Bertz CT molecular complexity index is 884. The largest absolute Gasteiger partial charge is 0.361 e. The van der Waals surface area contributed by atoms with Crippen molar-refractivity contribution >= 4 is 28.6 Å². The van der Waals surface area contributed by atoms with Crippen LogP contribution in [0.3, 0.4) is 0 Å². The Balaban J connectivity index is 1.84. The van der Waals surface area contributed by atoms with Crippen molar-refractivity contribution < 1.29 is 4.79 Å². The van der Waals surface area contributed by atoms with Crippen LogP contribution in [-0.2, 0) is 4.79 Å². The lowest BCUT2D eigenvalue weighted by Crippen LogP contribution is -2.13. The number of amides is 1. The number of hydrogen-bond donors (Lipinski definition) is 3. The highest BCUT2D eigenvalue weighted by Crippen LogP contribution is 2.23. The zero-order valence-corrected chi connectivity index (χ0v) is 11.1.